The SMILES string of the molecule is CC(C)OCCCNC(=O)c1ccc2c(c1)[C@@H]1[C@H]3CC[C@@H](C3)[C@H]1[C@@H](c1ccccc1)N2. The zero-order chi connectivity index (χ0) is 21.4. The molecule has 0 spiro atoms. The summed E-state index contributed by atoms with van der Waals surface area (Å²) in [4.78, 5) is 12.8. The van der Waals surface area contributed by atoms with Crippen LogP contribution in [-0.2, 0) is 4.74 Å². The highest BCUT2D eigenvalue weighted by molar-refractivity contribution is 5.95. The molecule has 164 valence electrons. The van der Waals surface area contributed by atoms with Gasteiger partial charge in [0.05, 0.1) is 12.1 Å². The van der Waals surface area contributed by atoms with E-state index in [1.807, 2.05) is 19.9 Å². The van der Waals surface area contributed by atoms with Crippen molar-refractivity contribution in [3.05, 3.63) is 65.2 Å². The summed E-state index contributed by atoms with van der Waals surface area (Å²) < 4.78 is 5.57. The van der Waals surface area contributed by atoms with Crippen molar-refractivity contribution in [1.29, 1.82) is 0 Å². The fraction of sp³-hybridized carbons (Fsp3) is 0.519. The number of carbonyl (C=O) groups excluding carboxylic acids is 1. The smallest absolute Gasteiger partial charge is 0.251 e. The standard InChI is InChI=1S/C27H34N2O2/c1-17(2)31-14-6-13-28-27(30)21-11-12-23-22(16-21)24-19-9-10-20(15-19)25(24)26(29-23)18-7-4-3-5-8-18/h3-5,7-8,11-12,16-17,19-20,24-26,29H,6,9-10,13-15H2,1-2H3,(H,28,30)/t19-,20-,24-,25+,26+/m0/s1. The van der Waals surface area contributed by atoms with Crippen LogP contribution in [0, 0.1) is 17.8 Å². The Morgan fingerprint density at radius 1 is 1.13 bits per heavy atom. The summed E-state index contributed by atoms with van der Waals surface area (Å²) in [5.74, 6) is 2.76. The molecular weight excluding hydrogens is 384 g/mol. The van der Waals surface area contributed by atoms with Crippen LogP contribution in [0.15, 0.2) is 48.5 Å². The van der Waals surface area contributed by atoms with E-state index in [9.17, 15) is 4.79 Å². The number of fused-ring (bicyclic) bond motifs is 7. The van der Waals surface area contributed by atoms with E-state index in [4.69, 9.17) is 4.74 Å². The summed E-state index contributed by atoms with van der Waals surface area (Å²) in [6, 6.07) is 17.6. The summed E-state index contributed by atoms with van der Waals surface area (Å²) >= 11 is 0. The Morgan fingerprint density at radius 2 is 1.94 bits per heavy atom. The van der Waals surface area contributed by atoms with E-state index >= 15 is 0 Å². The molecule has 0 saturated heterocycles. The van der Waals surface area contributed by atoms with Crippen LogP contribution >= 0.6 is 0 Å². The van der Waals surface area contributed by atoms with Crippen LogP contribution in [0.1, 0.15) is 73.0 Å². The quantitative estimate of drug-likeness (QED) is 0.582. The lowest BCUT2D eigenvalue weighted by atomic mass is 9.68. The Labute approximate surface area is 185 Å². The molecule has 2 N–H and O–H groups in total. The minimum Gasteiger partial charge on any atom is -0.379 e. The third kappa shape index (κ3) is 3.98. The van der Waals surface area contributed by atoms with Crippen molar-refractivity contribution in [2.75, 3.05) is 18.5 Å². The molecule has 4 heteroatoms. The molecule has 2 aromatic rings. The summed E-state index contributed by atoms with van der Waals surface area (Å²) in [7, 11) is 0. The number of hydrogen-bond acceptors (Lipinski definition) is 3. The molecule has 5 rings (SSSR count). The molecule has 2 bridgehead atoms. The average molecular weight is 419 g/mol. The Morgan fingerprint density at radius 3 is 2.74 bits per heavy atom. The predicted octanol–water partition coefficient (Wildman–Crippen LogP) is 5.53. The second-order valence-electron chi connectivity index (χ2n) is 9.80. The van der Waals surface area contributed by atoms with Crippen LogP contribution in [0.5, 0.6) is 0 Å². The highest BCUT2D eigenvalue weighted by atomic mass is 16.5. The maximum atomic E-state index is 12.8. The van der Waals surface area contributed by atoms with E-state index < -0.39 is 0 Å². The van der Waals surface area contributed by atoms with Gasteiger partial charge in [0.25, 0.3) is 5.91 Å². The highest BCUT2D eigenvalue weighted by Crippen LogP contribution is 2.63. The first-order valence-corrected chi connectivity index (χ1v) is 12.0. The van der Waals surface area contributed by atoms with E-state index in [1.54, 1.807) is 0 Å². The van der Waals surface area contributed by atoms with Crippen molar-refractivity contribution in [2.45, 2.75) is 57.6 Å². The van der Waals surface area contributed by atoms with E-state index in [2.05, 4.69) is 53.1 Å². The second-order valence-corrected chi connectivity index (χ2v) is 9.80. The van der Waals surface area contributed by atoms with Crippen molar-refractivity contribution in [3.8, 4) is 0 Å². The Hall–Kier alpha value is -2.33. The number of nitrogens with one attached hydrogen (secondary N) is 2. The summed E-state index contributed by atoms with van der Waals surface area (Å²) in [6.07, 6.45) is 5.10. The van der Waals surface area contributed by atoms with Crippen LogP contribution in [0.25, 0.3) is 0 Å². The summed E-state index contributed by atoms with van der Waals surface area (Å²) in [5.41, 5.74) is 4.75. The molecule has 5 atom stereocenters. The third-order valence-corrected chi connectivity index (χ3v) is 7.57. The molecule has 2 saturated carbocycles. The zero-order valence-corrected chi connectivity index (χ0v) is 18.6. The second kappa shape index (κ2) is 8.66. The van der Waals surface area contributed by atoms with Crippen molar-refractivity contribution in [3.63, 3.8) is 0 Å². The van der Waals surface area contributed by atoms with Gasteiger partial charge in [0.15, 0.2) is 0 Å². The van der Waals surface area contributed by atoms with Gasteiger partial charge in [0.1, 0.15) is 0 Å². The minimum absolute atomic E-state index is 0.0252. The van der Waals surface area contributed by atoms with Gasteiger partial charge in [-0.25, -0.2) is 0 Å². The Kier molecular flexibility index (Phi) is 5.75. The highest BCUT2D eigenvalue weighted by Gasteiger charge is 2.53. The fourth-order valence-electron chi connectivity index (χ4n) is 6.31. The Balaban J connectivity index is 1.35. The Bertz CT molecular complexity index is 926. The largest absolute Gasteiger partial charge is 0.379 e. The molecule has 1 amide bonds. The monoisotopic (exact) mass is 418 g/mol. The molecule has 3 aliphatic rings. The normalized spacial score (nSPS) is 28.2. The molecule has 0 aromatic heterocycles. The first-order valence-electron chi connectivity index (χ1n) is 12.0. The van der Waals surface area contributed by atoms with Crippen LogP contribution in [0.2, 0.25) is 0 Å². The topological polar surface area (TPSA) is 50.4 Å². The predicted molar refractivity (Wildman–Crippen MR) is 124 cm³/mol. The first-order chi connectivity index (χ1) is 15.1. The van der Waals surface area contributed by atoms with Crippen LogP contribution in [0.3, 0.4) is 0 Å². The van der Waals surface area contributed by atoms with E-state index in [0.717, 1.165) is 23.8 Å². The molecule has 1 heterocycles. The molecule has 0 unspecified atom stereocenters. The summed E-state index contributed by atoms with van der Waals surface area (Å²) in [5, 5.41) is 6.93. The van der Waals surface area contributed by atoms with Crippen LogP contribution in [0.4, 0.5) is 5.69 Å². The van der Waals surface area contributed by atoms with Gasteiger partial charge in [-0.1, -0.05) is 30.3 Å². The molecule has 1 aliphatic heterocycles. The molecule has 4 nitrogen and oxygen atoms in total. The van der Waals surface area contributed by atoms with Gasteiger partial charge in [-0.05, 0) is 92.5 Å². The van der Waals surface area contributed by atoms with Gasteiger partial charge in [-0.15, -0.1) is 0 Å². The minimum atomic E-state index is 0.0252. The van der Waals surface area contributed by atoms with Crippen molar-refractivity contribution < 1.29 is 9.53 Å². The molecule has 2 aliphatic carbocycles. The molecule has 2 aromatic carbocycles. The van der Waals surface area contributed by atoms with E-state index in [0.29, 0.717) is 31.0 Å². The van der Waals surface area contributed by atoms with Gasteiger partial charge in [0, 0.05) is 24.4 Å². The number of ether oxygens (including phenoxy) is 1. The van der Waals surface area contributed by atoms with Gasteiger partial charge < -0.3 is 15.4 Å². The number of anilines is 1. The third-order valence-electron chi connectivity index (χ3n) is 7.57. The number of amides is 1. The molecule has 31 heavy (non-hydrogen) atoms. The first kappa shape index (κ1) is 20.6. The molecular formula is C27H34N2O2. The maximum Gasteiger partial charge on any atom is 0.251 e. The van der Waals surface area contributed by atoms with E-state index in [1.165, 1.54) is 36.1 Å². The van der Waals surface area contributed by atoms with Crippen molar-refractivity contribution in [1.82, 2.24) is 5.32 Å². The number of rotatable bonds is 7. The lowest BCUT2D eigenvalue weighted by Crippen LogP contribution is -2.35. The van der Waals surface area contributed by atoms with Crippen LogP contribution < -0.4 is 10.6 Å². The van der Waals surface area contributed by atoms with Gasteiger partial charge in [0.2, 0.25) is 0 Å². The zero-order valence-electron chi connectivity index (χ0n) is 18.6. The van der Waals surface area contributed by atoms with Crippen molar-refractivity contribution >= 4 is 11.6 Å². The lowest BCUT2D eigenvalue weighted by Gasteiger charge is -2.43. The summed E-state index contributed by atoms with van der Waals surface area (Å²) in [6.45, 7) is 5.39. The van der Waals surface area contributed by atoms with E-state index in [-0.39, 0.29) is 12.0 Å². The van der Waals surface area contributed by atoms with Crippen LogP contribution in [-0.4, -0.2) is 25.2 Å². The number of carbonyl (C=O) groups is 1. The average Bonchev–Trinajstić information content (AvgIpc) is 3.41. The number of benzene rings is 2. The van der Waals surface area contributed by atoms with Gasteiger partial charge >= 0.3 is 0 Å². The fourth-order valence-corrected chi connectivity index (χ4v) is 6.31. The van der Waals surface area contributed by atoms with Gasteiger partial charge in [-0.2, -0.15) is 0 Å². The van der Waals surface area contributed by atoms with Gasteiger partial charge in [-0.3, -0.25) is 4.79 Å². The molecule has 0 radical (unpaired) electrons. The molecule has 2 fully saturated rings. The maximum absolute atomic E-state index is 12.8. The lowest BCUT2D eigenvalue weighted by molar-refractivity contribution is 0.0757. The number of hydrogen-bond donors (Lipinski definition) is 2. The van der Waals surface area contributed by atoms with Crippen molar-refractivity contribution in [2.24, 2.45) is 17.8 Å².